The first-order chi connectivity index (χ1) is 9.81. The summed E-state index contributed by atoms with van der Waals surface area (Å²) in [6, 6.07) is 14.8. The van der Waals surface area contributed by atoms with Crippen LogP contribution < -0.4 is 10.6 Å². The summed E-state index contributed by atoms with van der Waals surface area (Å²) in [6.45, 7) is 0.485. The Bertz CT molecular complexity index is 722. The fourth-order valence-electron chi connectivity index (χ4n) is 1.89. The third-order valence-electron chi connectivity index (χ3n) is 2.88. The van der Waals surface area contributed by atoms with Crippen LogP contribution in [0.15, 0.2) is 59.3 Å². The molecule has 0 radical (unpaired) electrons. The zero-order valence-electron chi connectivity index (χ0n) is 10.7. The number of nitrogens with one attached hydrogen (secondary N) is 2. The van der Waals surface area contributed by atoms with E-state index in [4.69, 9.17) is 4.42 Å². The Morgan fingerprint density at radius 2 is 2.00 bits per heavy atom. The van der Waals surface area contributed by atoms with E-state index >= 15 is 0 Å². The maximum absolute atomic E-state index is 11.8. The lowest BCUT2D eigenvalue weighted by molar-refractivity contribution is 0.251. The molecule has 2 N–H and O–H groups in total. The number of rotatable bonds is 3. The molecule has 3 rings (SSSR count). The largest absolute Gasteiger partial charge is 0.443 e. The van der Waals surface area contributed by atoms with Crippen LogP contribution in [0.3, 0.4) is 0 Å². The van der Waals surface area contributed by atoms with Crippen molar-refractivity contribution in [1.82, 2.24) is 10.3 Å². The number of aromatic nitrogens is 1. The summed E-state index contributed by atoms with van der Waals surface area (Å²) in [7, 11) is 0. The van der Waals surface area contributed by atoms with Crippen LogP contribution in [0, 0.1) is 0 Å². The molecule has 5 heteroatoms. The predicted octanol–water partition coefficient (Wildman–Crippen LogP) is 3.15. The number of carbonyl (C=O) groups is 1. The standard InChI is InChI=1S/C15H13N3O2/c19-15(16-9-11-4-2-1-3-5-11)18-12-6-7-14-13(8-12)17-10-20-14/h1-8,10H,9H2,(H2,16,18,19). The molecule has 0 saturated carbocycles. The molecule has 0 aliphatic rings. The Morgan fingerprint density at radius 3 is 2.85 bits per heavy atom. The fourth-order valence-corrected chi connectivity index (χ4v) is 1.89. The minimum absolute atomic E-state index is 0.253. The minimum Gasteiger partial charge on any atom is -0.443 e. The highest BCUT2D eigenvalue weighted by Gasteiger charge is 2.04. The van der Waals surface area contributed by atoms with Crippen molar-refractivity contribution < 1.29 is 9.21 Å². The summed E-state index contributed by atoms with van der Waals surface area (Å²) >= 11 is 0. The van der Waals surface area contributed by atoms with Crippen molar-refractivity contribution in [1.29, 1.82) is 0 Å². The van der Waals surface area contributed by atoms with Gasteiger partial charge < -0.3 is 15.1 Å². The van der Waals surface area contributed by atoms with E-state index in [1.807, 2.05) is 30.3 Å². The van der Waals surface area contributed by atoms with Gasteiger partial charge in [0.2, 0.25) is 0 Å². The van der Waals surface area contributed by atoms with Gasteiger partial charge in [-0.1, -0.05) is 30.3 Å². The van der Waals surface area contributed by atoms with E-state index in [0.29, 0.717) is 23.3 Å². The van der Waals surface area contributed by atoms with Crippen LogP contribution in [0.5, 0.6) is 0 Å². The van der Waals surface area contributed by atoms with Gasteiger partial charge >= 0.3 is 6.03 Å². The second kappa shape index (κ2) is 5.44. The highest BCUT2D eigenvalue weighted by Crippen LogP contribution is 2.17. The Balaban J connectivity index is 1.61. The second-order valence-corrected chi connectivity index (χ2v) is 4.33. The predicted molar refractivity (Wildman–Crippen MR) is 76.3 cm³/mol. The summed E-state index contributed by atoms with van der Waals surface area (Å²) < 4.78 is 5.14. The molecular weight excluding hydrogens is 254 g/mol. The Morgan fingerprint density at radius 1 is 1.15 bits per heavy atom. The van der Waals surface area contributed by atoms with Gasteiger partial charge in [0, 0.05) is 12.2 Å². The lowest BCUT2D eigenvalue weighted by atomic mass is 10.2. The summed E-state index contributed by atoms with van der Waals surface area (Å²) in [4.78, 5) is 15.8. The van der Waals surface area contributed by atoms with Crippen molar-refractivity contribution >= 4 is 22.8 Å². The van der Waals surface area contributed by atoms with Crippen LogP contribution in [0.1, 0.15) is 5.56 Å². The minimum atomic E-state index is -0.253. The Labute approximate surface area is 115 Å². The number of hydrogen-bond acceptors (Lipinski definition) is 3. The van der Waals surface area contributed by atoms with Gasteiger partial charge in [0.1, 0.15) is 5.52 Å². The third kappa shape index (κ3) is 2.77. The van der Waals surface area contributed by atoms with E-state index in [0.717, 1.165) is 5.56 Å². The Kier molecular flexibility index (Phi) is 3.33. The normalized spacial score (nSPS) is 10.4. The maximum Gasteiger partial charge on any atom is 0.319 e. The number of anilines is 1. The molecule has 1 heterocycles. The molecule has 0 atom stereocenters. The molecule has 1 aromatic heterocycles. The van der Waals surface area contributed by atoms with Crippen LogP contribution in [-0.4, -0.2) is 11.0 Å². The zero-order valence-corrected chi connectivity index (χ0v) is 10.7. The lowest BCUT2D eigenvalue weighted by Crippen LogP contribution is -2.28. The lowest BCUT2D eigenvalue weighted by Gasteiger charge is -2.07. The topological polar surface area (TPSA) is 67.2 Å². The molecule has 0 fully saturated rings. The number of benzene rings is 2. The second-order valence-electron chi connectivity index (χ2n) is 4.33. The van der Waals surface area contributed by atoms with Crippen LogP contribution in [0.4, 0.5) is 10.5 Å². The number of hydrogen-bond donors (Lipinski definition) is 2. The molecule has 2 aromatic carbocycles. The molecule has 0 spiro atoms. The van der Waals surface area contributed by atoms with E-state index in [-0.39, 0.29) is 6.03 Å². The van der Waals surface area contributed by atoms with E-state index < -0.39 is 0 Å². The van der Waals surface area contributed by atoms with Crippen LogP contribution >= 0.6 is 0 Å². The molecule has 0 aliphatic heterocycles. The van der Waals surface area contributed by atoms with E-state index in [1.165, 1.54) is 6.39 Å². The van der Waals surface area contributed by atoms with Gasteiger partial charge in [-0.3, -0.25) is 0 Å². The summed E-state index contributed by atoms with van der Waals surface area (Å²) in [5.41, 5.74) is 3.14. The molecule has 0 saturated heterocycles. The molecule has 2 amide bonds. The Hall–Kier alpha value is -2.82. The molecule has 20 heavy (non-hydrogen) atoms. The SMILES string of the molecule is O=C(NCc1ccccc1)Nc1ccc2ocnc2c1. The quantitative estimate of drug-likeness (QED) is 0.766. The molecule has 0 bridgehead atoms. The van der Waals surface area contributed by atoms with Gasteiger partial charge in [-0.15, -0.1) is 0 Å². The van der Waals surface area contributed by atoms with Crippen molar-refractivity contribution in [2.45, 2.75) is 6.54 Å². The number of oxazole rings is 1. The maximum atomic E-state index is 11.8. The number of urea groups is 1. The van der Waals surface area contributed by atoms with Gasteiger partial charge in [0.05, 0.1) is 0 Å². The molecule has 100 valence electrons. The van der Waals surface area contributed by atoms with Crippen molar-refractivity contribution in [2.75, 3.05) is 5.32 Å². The van der Waals surface area contributed by atoms with E-state index in [9.17, 15) is 4.79 Å². The number of amides is 2. The smallest absolute Gasteiger partial charge is 0.319 e. The van der Waals surface area contributed by atoms with Gasteiger partial charge in [0.25, 0.3) is 0 Å². The van der Waals surface area contributed by atoms with Crippen LogP contribution in [-0.2, 0) is 6.54 Å². The van der Waals surface area contributed by atoms with Crippen molar-refractivity contribution in [3.63, 3.8) is 0 Å². The average Bonchev–Trinajstić information content (AvgIpc) is 2.94. The molecule has 0 aliphatic carbocycles. The zero-order chi connectivity index (χ0) is 13.8. The average molecular weight is 267 g/mol. The summed E-state index contributed by atoms with van der Waals surface area (Å²) in [6.07, 6.45) is 1.38. The van der Waals surface area contributed by atoms with Gasteiger partial charge in [-0.05, 0) is 23.8 Å². The van der Waals surface area contributed by atoms with Crippen LogP contribution in [0.25, 0.3) is 11.1 Å². The van der Waals surface area contributed by atoms with Gasteiger partial charge in [-0.25, -0.2) is 9.78 Å². The number of carbonyl (C=O) groups excluding carboxylic acids is 1. The number of nitrogens with zero attached hydrogens (tertiary/aromatic N) is 1. The first-order valence-corrected chi connectivity index (χ1v) is 6.23. The first kappa shape index (κ1) is 12.2. The summed E-state index contributed by atoms with van der Waals surface area (Å²) in [5.74, 6) is 0. The molecule has 3 aromatic rings. The van der Waals surface area contributed by atoms with Crippen LogP contribution in [0.2, 0.25) is 0 Å². The van der Waals surface area contributed by atoms with Gasteiger partial charge in [-0.2, -0.15) is 0 Å². The highest BCUT2D eigenvalue weighted by molar-refractivity contribution is 5.91. The van der Waals surface area contributed by atoms with Crippen molar-refractivity contribution in [2.24, 2.45) is 0 Å². The molecular formula is C15H13N3O2. The van der Waals surface area contributed by atoms with E-state index in [1.54, 1.807) is 18.2 Å². The van der Waals surface area contributed by atoms with Crippen molar-refractivity contribution in [3.05, 3.63) is 60.5 Å². The number of fused-ring (bicyclic) bond motifs is 1. The summed E-state index contributed by atoms with van der Waals surface area (Å²) in [5, 5.41) is 5.56. The fraction of sp³-hybridized carbons (Fsp3) is 0.0667. The van der Waals surface area contributed by atoms with Gasteiger partial charge in [0.15, 0.2) is 12.0 Å². The van der Waals surface area contributed by atoms with Crippen molar-refractivity contribution in [3.8, 4) is 0 Å². The molecule has 0 unspecified atom stereocenters. The van der Waals surface area contributed by atoms with E-state index in [2.05, 4.69) is 15.6 Å². The monoisotopic (exact) mass is 267 g/mol. The first-order valence-electron chi connectivity index (χ1n) is 6.23. The third-order valence-corrected chi connectivity index (χ3v) is 2.88. The highest BCUT2D eigenvalue weighted by atomic mass is 16.3. The molecule has 5 nitrogen and oxygen atoms in total.